The van der Waals surface area contributed by atoms with Crippen molar-refractivity contribution in [1.29, 1.82) is 0 Å². The van der Waals surface area contributed by atoms with Crippen LogP contribution in [0.3, 0.4) is 0 Å². The summed E-state index contributed by atoms with van der Waals surface area (Å²) in [5.74, 6) is 0.477. The zero-order valence-corrected chi connectivity index (χ0v) is 15.3. The van der Waals surface area contributed by atoms with E-state index in [0.717, 1.165) is 51.5 Å². The van der Waals surface area contributed by atoms with Crippen LogP contribution in [-0.4, -0.2) is 68.7 Å². The van der Waals surface area contributed by atoms with Gasteiger partial charge < -0.3 is 15.0 Å². The van der Waals surface area contributed by atoms with Crippen molar-refractivity contribution in [3.63, 3.8) is 0 Å². The number of nitrogens with one attached hydrogen (secondary N) is 1. The predicted molar refractivity (Wildman–Crippen MR) is 97.2 cm³/mol. The molecule has 0 saturated carbocycles. The van der Waals surface area contributed by atoms with Crippen molar-refractivity contribution in [1.82, 2.24) is 15.1 Å². The van der Waals surface area contributed by atoms with Crippen LogP contribution in [-0.2, 0) is 11.3 Å². The molecule has 1 heterocycles. The van der Waals surface area contributed by atoms with Gasteiger partial charge in [-0.15, -0.1) is 0 Å². The Morgan fingerprint density at radius 3 is 2.79 bits per heavy atom. The van der Waals surface area contributed by atoms with Gasteiger partial charge in [-0.1, -0.05) is 26.0 Å². The zero-order valence-electron chi connectivity index (χ0n) is 15.3. The van der Waals surface area contributed by atoms with Crippen LogP contribution in [0.4, 0.5) is 0 Å². The number of rotatable bonds is 8. The molecule has 0 atom stereocenters. The lowest BCUT2D eigenvalue weighted by Gasteiger charge is -2.28. The van der Waals surface area contributed by atoms with Gasteiger partial charge >= 0.3 is 0 Å². The molecule has 1 amide bonds. The molecule has 0 unspecified atom stereocenters. The summed E-state index contributed by atoms with van der Waals surface area (Å²) in [6, 6.07) is 7.94. The van der Waals surface area contributed by atoms with Crippen molar-refractivity contribution >= 4 is 5.91 Å². The van der Waals surface area contributed by atoms with Gasteiger partial charge in [-0.2, -0.15) is 0 Å². The standard InChI is InChI=1S/C19H31N3O2/c1-16(2)14-20-19(23)18-6-4-5-17(13-18)15-21(3)7-8-22-9-11-24-12-10-22/h4-6,13,16H,7-12,14-15H2,1-3H3,(H,20,23). The molecule has 0 aliphatic carbocycles. The van der Waals surface area contributed by atoms with Crippen LogP contribution in [0.1, 0.15) is 29.8 Å². The first-order valence-electron chi connectivity index (χ1n) is 8.90. The molecule has 0 bridgehead atoms. The van der Waals surface area contributed by atoms with E-state index >= 15 is 0 Å². The quantitative estimate of drug-likeness (QED) is 0.788. The van der Waals surface area contributed by atoms with Gasteiger partial charge in [0.25, 0.3) is 5.91 Å². The van der Waals surface area contributed by atoms with E-state index in [1.807, 2.05) is 18.2 Å². The monoisotopic (exact) mass is 333 g/mol. The summed E-state index contributed by atoms with van der Waals surface area (Å²) in [7, 11) is 2.13. The van der Waals surface area contributed by atoms with Gasteiger partial charge in [0.15, 0.2) is 0 Å². The number of nitrogens with zero attached hydrogens (tertiary/aromatic N) is 2. The van der Waals surface area contributed by atoms with E-state index in [4.69, 9.17) is 4.74 Å². The van der Waals surface area contributed by atoms with Gasteiger partial charge in [-0.25, -0.2) is 0 Å². The second-order valence-corrected chi connectivity index (χ2v) is 7.00. The van der Waals surface area contributed by atoms with Crippen LogP contribution in [0.25, 0.3) is 0 Å². The maximum absolute atomic E-state index is 12.2. The SMILES string of the molecule is CC(C)CNC(=O)c1cccc(CN(C)CCN2CCOCC2)c1. The molecule has 1 N–H and O–H groups in total. The summed E-state index contributed by atoms with van der Waals surface area (Å²) < 4.78 is 5.38. The van der Waals surface area contributed by atoms with Crippen molar-refractivity contribution in [2.45, 2.75) is 20.4 Å². The maximum atomic E-state index is 12.2. The van der Waals surface area contributed by atoms with Gasteiger partial charge in [0, 0.05) is 44.8 Å². The lowest BCUT2D eigenvalue weighted by atomic mass is 10.1. The minimum absolute atomic E-state index is 0.0153. The molecule has 24 heavy (non-hydrogen) atoms. The Hall–Kier alpha value is -1.43. The van der Waals surface area contributed by atoms with Crippen LogP contribution in [0.5, 0.6) is 0 Å². The Bertz CT molecular complexity index is 513. The molecule has 1 fully saturated rings. The number of carbonyl (C=O) groups excluding carboxylic acids is 1. The summed E-state index contributed by atoms with van der Waals surface area (Å²) in [6.07, 6.45) is 0. The van der Waals surface area contributed by atoms with E-state index in [9.17, 15) is 4.79 Å². The van der Waals surface area contributed by atoms with Gasteiger partial charge in [0.05, 0.1) is 13.2 Å². The number of ether oxygens (including phenoxy) is 1. The van der Waals surface area contributed by atoms with Crippen molar-refractivity contribution in [2.75, 3.05) is 53.0 Å². The predicted octanol–water partition coefficient (Wildman–Crippen LogP) is 1.84. The van der Waals surface area contributed by atoms with Crippen molar-refractivity contribution in [2.24, 2.45) is 5.92 Å². The molecule has 2 rings (SSSR count). The summed E-state index contributed by atoms with van der Waals surface area (Å²) in [6.45, 7) is 11.6. The number of amides is 1. The molecule has 134 valence electrons. The maximum Gasteiger partial charge on any atom is 0.251 e. The number of hydrogen-bond acceptors (Lipinski definition) is 4. The van der Waals surface area contributed by atoms with E-state index in [1.165, 1.54) is 5.56 Å². The van der Waals surface area contributed by atoms with Gasteiger partial charge in [-0.3, -0.25) is 9.69 Å². The molecule has 1 aromatic rings. The molecule has 5 nitrogen and oxygen atoms in total. The fourth-order valence-electron chi connectivity index (χ4n) is 2.74. The van der Waals surface area contributed by atoms with E-state index in [2.05, 4.69) is 42.1 Å². The summed E-state index contributed by atoms with van der Waals surface area (Å²) >= 11 is 0. The highest BCUT2D eigenvalue weighted by molar-refractivity contribution is 5.94. The van der Waals surface area contributed by atoms with Gasteiger partial charge in [0.2, 0.25) is 0 Å². The summed E-state index contributed by atoms with van der Waals surface area (Å²) in [4.78, 5) is 16.9. The third kappa shape index (κ3) is 6.59. The number of benzene rings is 1. The molecular weight excluding hydrogens is 302 g/mol. The summed E-state index contributed by atoms with van der Waals surface area (Å²) in [5.41, 5.74) is 1.92. The third-order valence-electron chi connectivity index (χ3n) is 4.21. The second kappa shape index (κ2) is 9.77. The highest BCUT2D eigenvalue weighted by Gasteiger charge is 2.12. The Balaban J connectivity index is 1.80. The van der Waals surface area contributed by atoms with E-state index in [1.54, 1.807) is 0 Å². The minimum Gasteiger partial charge on any atom is -0.379 e. The summed E-state index contributed by atoms with van der Waals surface area (Å²) in [5, 5.41) is 2.98. The fourth-order valence-corrected chi connectivity index (χ4v) is 2.74. The second-order valence-electron chi connectivity index (χ2n) is 7.00. The molecule has 0 radical (unpaired) electrons. The first-order chi connectivity index (χ1) is 11.5. The number of morpholine rings is 1. The fraction of sp³-hybridized carbons (Fsp3) is 0.632. The van der Waals surface area contributed by atoms with Crippen molar-refractivity contribution < 1.29 is 9.53 Å². The Kier molecular flexibility index (Phi) is 7.69. The zero-order chi connectivity index (χ0) is 17.4. The van der Waals surface area contributed by atoms with Crippen LogP contribution < -0.4 is 5.32 Å². The first kappa shape index (κ1) is 18.9. The molecule has 0 aromatic heterocycles. The van der Waals surface area contributed by atoms with Gasteiger partial charge in [-0.05, 0) is 30.7 Å². The van der Waals surface area contributed by atoms with E-state index < -0.39 is 0 Å². The molecule has 5 heteroatoms. The average Bonchev–Trinajstić information content (AvgIpc) is 2.59. The minimum atomic E-state index is 0.0153. The van der Waals surface area contributed by atoms with Crippen LogP contribution in [0, 0.1) is 5.92 Å². The topological polar surface area (TPSA) is 44.8 Å². The largest absolute Gasteiger partial charge is 0.379 e. The molecule has 1 aliphatic rings. The third-order valence-corrected chi connectivity index (χ3v) is 4.21. The molecule has 1 aromatic carbocycles. The lowest BCUT2D eigenvalue weighted by Crippen LogP contribution is -2.40. The van der Waals surface area contributed by atoms with Crippen LogP contribution in [0.15, 0.2) is 24.3 Å². The normalized spacial score (nSPS) is 15.9. The first-order valence-corrected chi connectivity index (χ1v) is 8.90. The number of hydrogen-bond donors (Lipinski definition) is 1. The molecular formula is C19H31N3O2. The molecule has 1 saturated heterocycles. The Morgan fingerprint density at radius 1 is 1.33 bits per heavy atom. The Morgan fingerprint density at radius 2 is 2.08 bits per heavy atom. The van der Waals surface area contributed by atoms with Crippen LogP contribution in [0.2, 0.25) is 0 Å². The van der Waals surface area contributed by atoms with Gasteiger partial charge in [0.1, 0.15) is 0 Å². The molecule has 0 spiro atoms. The smallest absolute Gasteiger partial charge is 0.251 e. The van der Waals surface area contributed by atoms with E-state index in [0.29, 0.717) is 12.5 Å². The highest BCUT2D eigenvalue weighted by Crippen LogP contribution is 2.08. The molecule has 1 aliphatic heterocycles. The highest BCUT2D eigenvalue weighted by atomic mass is 16.5. The van der Waals surface area contributed by atoms with Crippen molar-refractivity contribution in [3.05, 3.63) is 35.4 Å². The number of likely N-dealkylation sites (N-methyl/N-ethyl adjacent to an activating group) is 1. The van der Waals surface area contributed by atoms with Crippen molar-refractivity contribution in [3.8, 4) is 0 Å². The lowest BCUT2D eigenvalue weighted by molar-refractivity contribution is 0.0342. The van der Waals surface area contributed by atoms with Crippen LogP contribution >= 0.6 is 0 Å². The number of carbonyl (C=O) groups is 1. The average molecular weight is 333 g/mol. The Labute approximate surface area is 146 Å². The van der Waals surface area contributed by atoms with E-state index in [-0.39, 0.29) is 5.91 Å².